The lowest BCUT2D eigenvalue weighted by atomic mass is 10.1. The second-order valence-electron chi connectivity index (χ2n) is 6.15. The molecule has 27 heavy (non-hydrogen) atoms. The van der Waals surface area contributed by atoms with Gasteiger partial charge in [0.05, 0.1) is 4.90 Å². The monoisotopic (exact) mass is 381 g/mol. The molecular formula is C19H19N5O2S. The van der Waals surface area contributed by atoms with Crippen LogP contribution in [-0.4, -0.2) is 23.2 Å². The predicted octanol–water partition coefficient (Wildman–Crippen LogP) is 2.57. The van der Waals surface area contributed by atoms with Gasteiger partial charge in [-0.1, -0.05) is 48.0 Å². The fourth-order valence-corrected chi connectivity index (χ4v) is 3.98. The summed E-state index contributed by atoms with van der Waals surface area (Å²) in [4.78, 5) is 0.219. The van der Waals surface area contributed by atoms with Crippen molar-refractivity contribution in [2.75, 3.05) is 0 Å². The van der Waals surface area contributed by atoms with Gasteiger partial charge in [-0.3, -0.25) is 0 Å². The van der Waals surface area contributed by atoms with Crippen LogP contribution in [0.1, 0.15) is 29.4 Å². The quantitative estimate of drug-likeness (QED) is 0.678. The van der Waals surface area contributed by atoms with Gasteiger partial charge in [-0.25, -0.2) is 13.1 Å². The molecule has 3 rings (SSSR count). The highest BCUT2D eigenvalue weighted by molar-refractivity contribution is 7.89. The maximum Gasteiger partial charge on any atom is 0.241 e. The molecule has 2 aromatic carbocycles. The van der Waals surface area contributed by atoms with Crippen molar-refractivity contribution >= 4 is 10.0 Å². The van der Waals surface area contributed by atoms with Crippen molar-refractivity contribution in [1.82, 2.24) is 19.5 Å². The van der Waals surface area contributed by atoms with Crippen LogP contribution in [0, 0.1) is 18.3 Å². The Hall–Kier alpha value is -3.02. The van der Waals surface area contributed by atoms with Crippen molar-refractivity contribution in [3.05, 3.63) is 77.9 Å². The third-order valence-corrected chi connectivity index (χ3v) is 5.69. The normalized spacial score (nSPS) is 12.4. The van der Waals surface area contributed by atoms with Crippen LogP contribution in [0.2, 0.25) is 0 Å². The van der Waals surface area contributed by atoms with Gasteiger partial charge in [-0.2, -0.15) is 5.26 Å². The van der Waals surface area contributed by atoms with Crippen molar-refractivity contribution in [2.24, 2.45) is 0 Å². The molecule has 0 aliphatic heterocycles. The smallest absolute Gasteiger partial charge is 0.241 e. The van der Waals surface area contributed by atoms with Crippen LogP contribution in [-0.2, 0) is 16.6 Å². The Kier molecular flexibility index (Phi) is 5.64. The zero-order valence-electron chi connectivity index (χ0n) is 14.8. The van der Waals surface area contributed by atoms with Crippen molar-refractivity contribution < 1.29 is 8.42 Å². The summed E-state index contributed by atoms with van der Waals surface area (Å²) in [5.74, 6) is 0.197. The van der Waals surface area contributed by atoms with E-state index in [4.69, 9.17) is 5.26 Å². The van der Waals surface area contributed by atoms with E-state index < -0.39 is 16.1 Å². The molecule has 0 saturated heterocycles. The fraction of sp³-hybridized carbons (Fsp3) is 0.211. The van der Waals surface area contributed by atoms with Gasteiger partial charge >= 0.3 is 0 Å². The number of benzene rings is 2. The van der Waals surface area contributed by atoms with E-state index >= 15 is 0 Å². The summed E-state index contributed by atoms with van der Waals surface area (Å²) in [5.41, 5.74) is 1.84. The SMILES string of the molecule is Cc1ccc(S(=O)(=O)N[C@H](CCn2cnnc2C#N)c2ccccc2)cc1. The van der Waals surface area contributed by atoms with E-state index in [2.05, 4.69) is 14.9 Å². The van der Waals surface area contributed by atoms with Crippen LogP contribution in [0.4, 0.5) is 0 Å². The van der Waals surface area contributed by atoms with Gasteiger partial charge in [-0.15, -0.1) is 10.2 Å². The lowest BCUT2D eigenvalue weighted by Crippen LogP contribution is -2.29. The second-order valence-corrected chi connectivity index (χ2v) is 7.86. The zero-order valence-corrected chi connectivity index (χ0v) is 15.6. The minimum atomic E-state index is -3.69. The van der Waals surface area contributed by atoms with Crippen LogP contribution >= 0.6 is 0 Å². The highest BCUT2D eigenvalue weighted by atomic mass is 32.2. The average molecular weight is 381 g/mol. The number of sulfonamides is 1. The molecule has 1 aromatic heterocycles. The minimum absolute atomic E-state index is 0.197. The fourth-order valence-electron chi connectivity index (χ4n) is 2.73. The van der Waals surface area contributed by atoms with Crippen LogP contribution in [0.15, 0.2) is 65.8 Å². The van der Waals surface area contributed by atoms with Crippen molar-refractivity contribution in [3.8, 4) is 6.07 Å². The van der Waals surface area contributed by atoms with Gasteiger partial charge < -0.3 is 4.57 Å². The average Bonchev–Trinajstić information content (AvgIpc) is 3.13. The summed E-state index contributed by atoms with van der Waals surface area (Å²) in [6.45, 7) is 2.31. The first kappa shape index (κ1) is 18.8. The molecular weight excluding hydrogens is 362 g/mol. The Morgan fingerprint density at radius 2 is 1.85 bits per heavy atom. The molecule has 0 fully saturated rings. The summed E-state index contributed by atoms with van der Waals surface area (Å²) in [5, 5.41) is 16.5. The maximum atomic E-state index is 12.8. The number of hydrogen-bond donors (Lipinski definition) is 1. The summed E-state index contributed by atoms with van der Waals surface area (Å²) in [6, 6.07) is 17.6. The Morgan fingerprint density at radius 3 is 2.52 bits per heavy atom. The third kappa shape index (κ3) is 4.58. The Balaban J connectivity index is 1.84. The van der Waals surface area contributed by atoms with E-state index in [0.29, 0.717) is 13.0 Å². The van der Waals surface area contributed by atoms with Gasteiger partial charge in [0.2, 0.25) is 15.8 Å². The number of aromatic nitrogens is 3. The lowest BCUT2D eigenvalue weighted by molar-refractivity contribution is 0.505. The van der Waals surface area contributed by atoms with E-state index in [1.807, 2.05) is 43.3 Å². The molecule has 1 heterocycles. The third-order valence-electron chi connectivity index (χ3n) is 4.20. The topological polar surface area (TPSA) is 101 Å². The van der Waals surface area contributed by atoms with Crippen LogP contribution < -0.4 is 4.72 Å². The largest absolute Gasteiger partial charge is 0.305 e. The second kappa shape index (κ2) is 8.12. The minimum Gasteiger partial charge on any atom is -0.305 e. The van der Waals surface area contributed by atoms with Gasteiger partial charge in [0.1, 0.15) is 12.4 Å². The van der Waals surface area contributed by atoms with E-state index in [-0.39, 0.29) is 10.7 Å². The first-order chi connectivity index (χ1) is 13.0. The van der Waals surface area contributed by atoms with Gasteiger partial charge in [-0.05, 0) is 31.0 Å². The molecule has 8 heteroatoms. The first-order valence-electron chi connectivity index (χ1n) is 8.41. The summed E-state index contributed by atoms with van der Waals surface area (Å²) in [7, 11) is -3.69. The number of rotatable bonds is 7. The van der Waals surface area contributed by atoms with Gasteiger partial charge in [0.25, 0.3) is 0 Å². The molecule has 1 N–H and O–H groups in total. The molecule has 0 bridgehead atoms. The zero-order chi connectivity index (χ0) is 19.3. The highest BCUT2D eigenvalue weighted by Crippen LogP contribution is 2.21. The van der Waals surface area contributed by atoms with E-state index in [1.54, 1.807) is 28.8 Å². The molecule has 0 saturated carbocycles. The molecule has 1 atom stereocenters. The van der Waals surface area contributed by atoms with E-state index in [9.17, 15) is 8.42 Å². The Morgan fingerprint density at radius 1 is 1.15 bits per heavy atom. The molecule has 3 aromatic rings. The predicted molar refractivity (Wildman–Crippen MR) is 100 cm³/mol. The molecule has 0 aliphatic rings. The lowest BCUT2D eigenvalue weighted by Gasteiger charge is -2.20. The number of nitrogens with one attached hydrogen (secondary N) is 1. The molecule has 0 unspecified atom stereocenters. The molecule has 7 nitrogen and oxygen atoms in total. The van der Waals surface area contributed by atoms with Crippen molar-refractivity contribution in [3.63, 3.8) is 0 Å². The molecule has 138 valence electrons. The summed E-state index contributed by atoms with van der Waals surface area (Å²) in [6.07, 6.45) is 1.91. The van der Waals surface area contributed by atoms with E-state index in [1.165, 1.54) is 6.33 Å². The number of hydrogen-bond acceptors (Lipinski definition) is 5. The summed E-state index contributed by atoms with van der Waals surface area (Å²) >= 11 is 0. The van der Waals surface area contributed by atoms with Crippen molar-refractivity contribution in [2.45, 2.75) is 30.8 Å². The molecule has 0 aliphatic carbocycles. The van der Waals surface area contributed by atoms with Crippen LogP contribution in [0.25, 0.3) is 0 Å². The van der Waals surface area contributed by atoms with E-state index in [0.717, 1.165) is 11.1 Å². The van der Waals surface area contributed by atoms with Gasteiger partial charge in [0, 0.05) is 12.6 Å². The summed E-state index contributed by atoms with van der Waals surface area (Å²) < 4.78 is 30.0. The van der Waals surface area contributed by atoms with Crippen LogP contribution in [0.5, 0.6) is 0 Å². The van der Waals surface area contributed by atoms with Crippen LogP contribution in [0.3, 0.4) is 0 Å². The number of nitrogens with zero attached hydrogens (tertiary/aromatic N) is 4. The van der Waals surface area contributed by atoms with Crippen molar-refractivity contribution in [1.29, 1.82) is 5.26 Å². The molecule has 0 amide bonds. The first-order valence-corrected chi connectivity index (χ1v) is 9.90. The highest BCUT2D eigenvalue weighted by Gasteiger charge is 2.21. The Labute approximate surface area is 158 Å². The van der Waals surface area contributed by atoms with Gasteiger partial charge in [0.15, 0.2) is 0 Å². The maximum absolute atomic E-state index is 12.8. The Bertz CT molecular complexity index is 1040. The number of nitriles is 1. The number of aryl methyl sites for hydroxylation is 2. The molecule has 0 spiro atoms. The molecule has 0 radical (unpaired) electrons. The standard InChI is InChI=1S/C19H19N5O2S/c1-15-7-9-17(10-8-15)27(25,26)23-18(16-5-3-2-4-6-16)11-12-24-14-21-22-19(24)13-20/h2-10,14,18,23H,11-12H2,1H3/t18-/m1/s1.